The van der Waals surface area contributed by atoms with Crippen molar-refractivity contribution < 1.29 is 17.9 Å². The summed E-state index contributed by atoms with van der Waals surface area (Å²) in [6, 6.07) is 12.8. The fourth-order valence-corrected chi connectivity index (χ4v) is 3.88. The minimum absolute atomic E-state index is 0.0601. The maximum absolute atomic E-state index is 12.7. The first kappa shape index (κ1) is 18.3. The molecule has 26 heavy (non-hydrogen) atoms. The molecule has 0 saturated heterocycles. The minimum Gasteiger partial charge on any atom is -0.476 e. The van der Waals surface area contributed by atoms with Crippen molar-refractivity contribution in [3.63, 3.8) is 0 Å². The van der Waals surface area contributed by atoms with Gasteiger partial charge in [-0.05, 0) is 42.7 Å². The summed E-state index contributed by atoms with van der Waals surface area (Å²) >= 11 is 0. The van der Waals surface area contributed by atoms with E-state index in [1.807, 2.05) is 44.2 Å². The van der Waals surface area contributed by atoms with Crippen LogP contribution in [0, 0.1) is 6.92 Å². The normalized spacial score (nSPS) is 16.6. The van der Waals surface area contributed by atoms with Gasteiger partial charge in [-0.1, -0.05) is 31.2 Å². The molecule has 3 rings (SSSR count). The monoisotopic (exact) mass is 374 g/mol. The predicted molar refractivity (Wildman–Crippen MR) is 102 cm³/mol. The third kappa shape index (κ3) is 3.67. The van der Waals surface area contributed by atoms with E-state index in [4.69, 9.17) is 4.74 Å². The number of benzene rings is 2. The molecule has 2 aromatic rings. The first-order valence-electron chi connectivity index (χ1n) is 8.43. The van der Waals surface area contributed by atoms with Gasteiger partial charge in [0.25, 0.3) is 5.91 Å². The fraction of sp³-hybridized carbons (Fsp3) is 0.316. The minimum atomic E-state index is -3.53. The highest BCUT2D eigenvalue weighted by Gasteiger charge is 2.35. The second-order valence-electron chi connectivity index (χ2n) is 6.37. The first-order chi connectivity index (χ1) is 12.3. The topological polar surface area (TPSA) is 75.7 Å². The molecule has 1 N–H and O–H groups in total. The second-order valence-corrected chi connectivity index (χ2v) is 8.28. The van der Waals surface area contributed by atoms with E-state index >= 15 is 0 Å². The van der Waals surface area contributed by atoms with Crippen LogP contribution in [-0.2, 0) is 21.2 Å². The Kier molecular flexibility index (Phi) is 4.91. The molecule has 1 aliphatic rings. The van der Waals surface area contributed by atoms with Crippen LogP contribution in [0.25, 0.3) is 0 Å². The van der Waals surface area contributed by atoms with Gasteiger partial charge < -0.3 is 10.1 Å². The van der Waals surface area contributed by atoms with Gasteiger partial charge in [-0.15, -0.1) is 0 Å². The number of anilines is 2. The van der Waals surface area contributed by atoms with E-state index in [0.717, 1.165) is 23.8 Å². The zero-order valence-corrected chi connectivity index (χ0v) is 15.8. The van der Waals surface area contributed by atoms with Gasteiger partial charge in [0.1, 0.15) is 5.75 Å². The number of carbonyl (C=O) groups is 1. The van der Waals surface area contributed by atoms with Crippen LogP contribution < -0.4 is 14.4 Å². The van der Waals surface area contributed by atoms with E-state index in [-0.39, 0.29) is 12.5 Å². The van der Waals surface area contributed by atoms with Gasteiger partial charge in [0.05, 0.1) is 18.5 Å². The zero-order chi connectivity index (χ0) is 18.9. The van der Waals surface area contributed by atoms with Crippen molar-refractivity contribution in [1.82, 2.24) is 0 Å². The number of ether oxygens (including phenoxy) is 1. The maximum atomic E-state index is 12.7. The van der Waals surface area contributed by atoms with Gasteiger partial charge in [0.2, 0.25) is 10.0 Å². The van der Waals surface area contributed by atoms with E-state index < -0.39 is 16.1 Å². The Bertz CT molecular complexity index is 940. The molecule has 1 heterocycles. The average Bonchev–Trinajstić information content (AvgIpc) is 2.60. The molecule has 1 amide bonds. The second kappa shape index (κ2) is 6.99. The van der Waals surface area contributed by atoms with E-state index in [0.29, 0.717) is 17.1 Å². The zero-order valence-electron chi connectivity index (χ0n) is 15.0. The molecule has 2 aromatic carbocycles. The van der Waals surface area contributed by atoms with Crippen molar-refractivity contribution in [2.24, 2.45) is 0 Å². The van der Waals surface area contributed by atoms with Crippen LogP contribution in [0.3, 0.4) is 0 Å². The van der Waals surface area contributed by atoms with Crippen molar-refractivity contribution in [2.45, 2.75) is 26.4 Å². The van der Waals surface area contributed by atoms with Crippen LogP contribution in [0.5, 0.6) is 5.75 Å². The Morgan fingerprint density at radius 1 is 1.27 bits per heavy atom. The SMILES string of the molecule is CCc1ccccc1NC(=O)[C@H]1CN(S(C)(=O)=O)c2cc(C)ccc2O1. The lowest BCUT2D eigenvalue weighted by Crippen LogP contribution is -2.48. The van der Waals surface area contributed by atoms with Gasteiger partial charge in [-0.2, -0.15) is 0 Å². The fourth-order valence-electron chi connectivity index (χ4n) is 2.98. The number of nitrogens with one attached hydrogen (secondary N) is 1. The highest BCUT2D eigenvalue weighted by atomic mass is 32.2. The Morgan fingerprint density at radius 3 is 2.69 bits per heavy atom. The molecule has 0 saturated carbocycles. The average molecular weight is 374 g/mol. The molecule has 0 unspecified atom stereocenters. The van der Waals surface area contributed by atoms with Crippen molar-refractivity contribution in [1.29, 1.82) is 0 Å². The third-order valence-corrected chi connectivity index (χ3v) is 5.48. The smallest absolute Gasteiger partial charge is 0.267 e. The van der Waals surface area contributed by atoms with Gasteiger partial charge in [0.15, 0.2) is 6.10 Å². The number of nitrogens with zero attached hydrogens (tertiary/aromatic N) is 1. The molecule has 138 valence electrons. The molecule has 1 atom stereocenters. The molecule has 0 radical (unpaired) electrons. The summed E-state index contributed by atoms with van der Waals surface area (Å²) in [4.78, 5) is 12.7. The van der Waals surface area contributed by atoms with E-state index in [1.54, 1.807) is 12.1 Å². The predicted octanol–water partition coefficient (Wildman–Crippen LogP) is 2.72. The molecule has 0 aromatic heterocycles. The number of para-hydroxylation sites is 1. The summed E-state index contributed by atoms with van der Waals surface area (Å²) in [5.41, 5.74) is 3.10. The summed E-state index contributed by atoms with van der Waals surface area (Å²) in [7, 11) is -3.53. The Morgan fingerprint density at radius 2 is 2.00 bits per heavy atom. The standard InChI is InChI=1S/C19H22N2O4S/c1-4-14-7-5-6-8-15(14)20-19(22)18-12-21(26(3,23)24)16-11-13(2)9-10-17(16)25-18/h5-11,18H,4,12H2,1-3H3,(H,20,22)/t18-/m1/s1. The van der Waals surface area contributed by atoms with Gasteiger partial charge in [0, 0.05) is 5.69 Å². The molecule has 6 nitrogen and oxygen atoms in total. The summed E-state index contributed by atoms with van der Waals surface area (Å²) in [5.74, 6) is 0.0157. The van der Waals surface area contributed by atoms with Crippen LogP contribution in [0.15, 0.2) is 42.5 Å². The summed E-state index contributed by atoms with van der Waals surface area (Å²) in [6.45, 7) is 3.82. The highest BCUT2D eigenvalue weighted by molar-refractivity contribution is 7.92. The highest BCUT2D eigenvalue weighted by Crippen LogP contribution is 2.36. The van der Waals surface area contributed by atoms with Crippen LogP contribution in [0.1, 0.15) is 18.1 Å². The largest absolute Gasteiger partial charge is 0.476 e. The van der Waals surface area contributed by atoms with Crippen molar-refractivity contribution in [3.8, 4) is 5.75 Å². The lowest BCUT2D eigenvalue weighted by molar-refractivity contribution is -0.122. The van der Waals surface area contributed by atoms with Crippen LogP contribution in [0.4, 0.5) is 11.4 Å². The number of fused-ring (bicyclic) bond motifs is 1. The number of sulfonamides is 1. The van der Waals surface area contributed by atoms with Crippen molar-refractivity contribution >= 4 is 27.3 Å². The molecule has 7 heteroatoms. The lowest BCUT2D eigenvalue weighted by Gasteiger charge is -2.34. The third-order valence-electron chi connectivity index (χ3n) is 4.33. The lowest BCUT2D eigenvalue weighted by atomic mass is 10.1. The number of amides is 1. The summed E-state index contributed by atoms with van der Waals surface area (Å²) < 4.78 is 31.5. The number of hydrogen-bond donors (Lipinski definition) is 1. The number of carbonyl (C=O) groups excluding carboxylic acids is 1. The molecule has 0 bridgehead atoms. The van der Waals surface area contributed by atoms with Crippen LogP contribution in [-0.4, -0.2) is 33.2 Å². The van der Waals surface area contributed by atoms with Crippen LogP contribution >= 0.6 is 0 Å². The van der Waals surface area contributed by atoms with Gasteiger partial charge >= 0.3 is 0 Å². The maximum Gasteiger partial charge on any atom is 0.267 e. The number of hydrogen-bond acceptors (Lipinski definition) is 4. The molecular formula is C19H22N2O4S. The van der Waals surface area contributed by atoms with E-state index in [1.165, 1.54) is 4.31 Å². The van der Waals surface area contributed by atoms with Gasteiger partial charge in [-0.25, -0.2) is 8.42 Å². The summed E-state index contributed by atoms with van der Waals surface area (Å²) in [5, 5.41) is 2.86. The molecule has 1 aliphatic heterocycles. The Labute approximate surface area is 153 Å². The molecular weight excluding hydrogens is 352 g/mol. The van der Waals surface area contributed by atoms with Crippen molar-refractivity contribution in [3.05, 3.63) is 53.6 Å². The van der Waals surface area contributed by atoms with Gasteiger partial charge in [-0.3, -0.25) is 9.10 Å². The molecule has 0 aliphatic carbocycles. The van der Waals surface area contributed by atoms with E-state index in [2.05, 4.69) is 5.32 Å². The number of rotatable bonds is 4. The van der Waals surface area contributed by atoms with Crippen LogP contribution in [0.2, 0.25) is 0 Å². The Hall–Kier alpha value is -2.54. The molecule has 0 fully saturated rings. The van der Waals surface area contributed by atoms with E-state index in [9.17, 15) is 13.2 Å². The Balaban J connectivity index is 1.90. The number of aryl methyl sites for hydroxylation is 2. The summed E-state index contributed by atoms with van der Waals surface area (Å²) in [6.07, 6.45) is 0.982. The van der Waals surface area contributed by atoms with Crippen molar-refractivity contribution in [2.75, 3.05) is 22.4 Å². The quantitative estimate of drug-likeness (QED) is 0.893. The first-order valence-corrected chi connectivity index (χ1v) is 10.3. The molecule has 0 spiro atoms.